The van der Waals surface area contributed by atoms with Crippen molar-refractivity contribution >= 4 is 10.2 Å². The first-order valence-corrected chi connectivity index (χ1v) is 10.1. The van der Waals surface area contributed by atoms with Gasteiger partial charge in [-0.1, -0.05) is 19.0 Å². The quantitative estimate of drug-likeness (QED) is 0.702. The maximum absolute atomic E-state index is 12.6. The maximum atomic E-state index is 12.6. The summed E-state index contributed by atoms with van der Waals surface area (Å²) in [6.45, 7) is 7.36. The molecule has 0 N–H and O–H groups in total. The molecule has 3 heterocycles. The number of pyridine rings is 1. The van der Waals surface area contributed by atoms with Gasteiger partial charge in [-0.3, -0.25) is 9.88 Å². The Morgan fingerprint density at radius 3 is 2.54 bits per heavy atom. The molecule has 0 bridgehead atoms. The standard InChI is InChI=1S/C16H24N6O3S/c1-3-21(4-2)26(23,24)22-10-8-20(9-11-22)13-15-18-16(19-25-15)14-6-5-7-17-12-14/h5-7,12H,3-4,8-11,13H2,1-2H3. The average molecular weight is 380 g/mol. The van der Waals surface area contributed by atoms with Crippen LogP contribution in [0, 0.1) is 0 Å². The monoisotopic (exact) mass is 380 g/mol. The average Bonchev–Trinajstić information content (AvgIpc) is 3.12. The zero-order chi connectivity index (χ0) is 18.6. The molecule has 1 saturated heterocycles. The number of hydrogen-bond donors (Lipinski definition) is 0. The molecule has 0 radical (unpaired) electrons. The molecule has 0 spiro atoms. The zero-order valence-electron chi connectivity index (χ0n) is 15.1. The van der Waals surface area contributed by atoms with Gasteiger partial charge in [-0.15, -0.1) is 0 Å². The van der Waals surface area contributed by atoms with E-state index in [-0.39, 0.29) is 0 Å². The Morgan fingerprint density at radius 2 is 1.92 bits per heavy atom. The number of rotatable bonds is 7. The van der Waals surface area contributed by atoms with E-state index in [0.29, 0.717) is 57.5 Å². The van der Waals surface area contributed by atoms with E-state index in [9.17, 15) is 8.42 Å². The molecule has 0 aromatic carbocycles. The van der Waals surface area contributed by atoms with E-state index in [4.69, 9.17) is 4.52 Å². The first-order valence-electron chi connectivity index (χ1n) is 8.75. The molecule has 1 aliphatic rings. The van der Waals surface area contributed by atoms with Crippen LogP contribution in [0.5, 0.6) is 0 Å². The van der Waals surface area contributed by atoms with Crippen molar-refractivity contribution in [3.8, 4) is 11.4 Å². The van der Waals surface area contributed by atoms with Gasteiger partial charge in [0.25, 0.3) is 10.2 Å². The lowest BCUT2D eigenvalue weighted by Crippen LogP contribution is -2.52. The van der Waals surface area contributed by atoms with Gasteiger partial charge in [-0.05, 0) is 12.1 Å². The Labute approximate surface area is 153 Å². The highest BCUT2D eigenvalue weighted by molar-refractivity contribution is 7.86. The minimum atomic E-state index is -3.37. The molecule has 0 aliphatic carbocycles. The van der Waals surface area contributed by atoms with Crippen LogP contribution < -0.4 is 0 Å². The highest BCUT2D eigenvalue weighted by atomic mass is 32.2. The summed E-state index contributed by atoms with van der Waals surface area (Å²) in [7, 11) is -3.37. The Morgan fingerprint density at radius 1 is 1.19 bits per heavy atom. The van der Waals surface area contributed by atoms with E-state index < -0.39 is 10.2 Å². The van der Waals surface area contributed by atoms with Gasteiger partial charge >= 0.3 is 0 Å². The van der Waals surface area contributed by atoms with Crippen molar-refractivity contribution in [2.75, 3.05) is 39.3 Å². The summed E-state index contributed by atoms with van der Waals surface area (Å²) >= 11 is 0. The number of aromatic nitrogens is 3. The molecule has 0 saturated carbocycles. The molecular weight excluding hydrogens is 356 g/mol. The smallest absolute Gasteiger partial charge is 0.282 e. The summed E-state index contributed by atoms with van der Waals surface area (Å²) in [5, 5.41) is 3.99. The fourth-order valence-corrected chi connectivity index (χ4v) is 4.56. The van der Waals surface area contributed by atoms with Crippen LogP contribution in [-0.4, -0.2) is 76.3 Å². The van der Waals surface area contributed by atoms with Crippen molar-refractivity contribution in [3.63, 3.8) is 0 Å². The molecule has 3 rings (SSSR count). The summed E-state index contributed by atoms with van der Waals surface area (Å²) in [5.74, 6) is 1.03. The van der Waals surface area contributed by atoms with Gasteiger partial charge in [0.05, 0.1) is 6.54 Å². The molecule has 142 valence electrons. The van der Waals surface area contributed by atoms with Crippen molar-refractivity contribution < 1.29 is 12.9 Å². The third-order valence-electron chi connectivity index (χ3n) is 4.44. The molecule has 2 aromatic heterocycles. The van der Waals surface area contributed by atoms with E-state index in [0.717, 1.165) is 5.56 Å². The van der Waals surface area contributed by atoms with Gasteiger partial charge in [-0.25, -0.2) is 0 Å². The third-order valence-corrected chi connectivity index (χ3v) is 6.62. The lowest BCUT2D eigenvalue weighted by atomic mass is 10.3. The maximum Gasteiger partial charge on any atom is 0.282 e. The van der Waals surface area contributed by atoms with Crippen molar-refractivity contribution in [1.29, 1.82) is 0 Å². The minimum absolute atomic E-state index is 0.461. The molecule has 0 atom stereocenters. The molecule has 0 unspecified atom stereocenters. The van der Waals surface area contributed by atoms with Gasteiger partial charge in [0, 0.05) is 57.2 Å². The first-order chi connectivity index (χ1) is 12.5. The number of nitrogens with zero attached hydrogens (tertiary/aromatic N) is 6. The molecule has 9 nitrogen and oxygen atoms in total. The van der Waals surface area contributed by atoms with Gasteiger partial charge in [0.15, 0.2) is 0 Å². The van der Waals surface area contributed by atoms with Crippen molar-refractivity contribution in [3.05, 3.63) is 30.4 Å². The van der Waals surface area contributed by atoms with Crippen LogP contribution in [0.4, 0.5) is 0 Å². The Balaban J connectivity index is 1.57. The highest BCUT2D eigenvalue weighted by Crippen LogP contribution is 2.16. The zero-order valence-corrected chi connectivity index (χ0v) is 15.9. The van der Waals surface area contributed by atoms with Crippen LogP contribution >= 0.6 is 0 Å². The lowest BCUT2D eigenvalue weighted by Gasteiger charge is -2.35. The predicted octanol–water partition coefficient (Wildman–Crippen LogP) is 0.836. The van der Waals surface area contributed by atoms with Gasteiger partial charge in [0.2, 0.25) is 11.7 Å². The van der Waals surface area contributed by atoms with Crippen LogP contribution in [0.3, 0.4) is 0 Å². The fourth-order valence-electron chi connectivity index (χ4n) is 2.95. The van der Waals surface area contributed by atoms with Crippen LogP contribution in [-0.2, 0) is 16.8 Å². The van der Waals surface area contributed by atoms with E-state index in [1.54, 1.807) is 16.7 Å². The van der Waals surface area contributed by atoms with Crippen LogP contribution in [0.2, 0.25) is 0 Å². The molecule has 1 aliphatic heterocycles. The van der Waals surface area contributed by atoms with E-state index >= 15 is 0 Å². The Bertz CT molecular complexity index is 798. The molecule has 1 fully saturated rings. The topological polar surface area (TPSA) is 95.7 Å². The molecule has 2 aromatic rings. The molecule has 26 heavy (non-hydrogen) atoms. The Kier molecular flexibility index (Phi) is 5.97. The van der Waals surface area contributed by atoms with Crippen LogP contribution in [0.15, 0.2) is 29.0 Å². The van der Waals surface area contributed by atoms with Crippen molar-refractivity contribution in [2.24, 2.45) is 0 Å². The second-order valence-electron chi connectivity index (χ2n) is 6.02. The van der Waals surface area contributed by atoms with Crippen LogP contribution in [0.1, 0.15) is 19.7 Å². The minimum Gasteiger partial charge on any atom is -0.338 e. The predicted molar refractivity (Wildman–Crippen MR) is 96.2 cm³/mol. The van der Waals surface area contributed by atoms with E-state index in [2.05, 4.69) is 20.0 Å². The number of hydrogen-bond acceptors (Lipinski definition) is 7. The highest BCUT2D eigenvalue weighted by Gasteiger charge is 2.31. The summed E-state index contributed by atoms with van der Waals surface area (Å²) in [5.41, 5.74) is 0.803. The number of piperazine rings is 1. The summed E-state index contributed by atoms with van der Waals surface area (Å²) in [6, 6.07) is 3.69. The van der Waals surface area contributed by atoms with Gasteiger partial charge in [0.1, 0.15) is 0 Å². The van der Waals surface area contributed by atoms with Crippen molar-refractivity contribution in [1.82, 2.24) is 28.6 Å². The largest absolute Gasteiger partial charge is 0.338 e. The van der Waals surface area contributed by atoms with E-state index in [1.807, 2.05) is 26.0 Å². The SMILES string of the molecule is CCN(CC)S(=O)(=O)N1CCN(Cc2nc(-c3cccnc3)no2)CC1. The Hall–Kier alpha value is -1.88. The second kappa shape index (κ2) is 8.21. The fraction of sp³-hybridized carbons (Fsp3) is 0.562. The van der Waals surface area contributed by atoms with Crippen molar-refractivity contribution in [2.45, 2.75) is 20.4 Å². The summed E-state index contributed by atoms with van der Waals surface area (Å²) < 4.78 is 33.5. The molecule has 0 amide bonds. The summed E-state index contributed by atoms with van der Waals surface area (Å²) in [6.07, 6.45) is 3.38. The third kappa shape index (κ3) is 4.09. The molecular formula is C16H24N6O3S. The van der Waals surface area contributed by atoms with Gasteiger partial charge in [-0.2, -0.15) is 22.0 Å². The first kappa shape index (κ1) is 18.9. The normalized spacial score (nSPS) is 17.0. The van der Waals surface area contributed by atoms with Gasteiger partial charge < -0.3 is 4.52 Å². The van der Waals surface area contributed by atoms with E-state index in [1.165, 1.54) is 4.31 Å². The summed E-state index contributed by atoms with van der Waals surface area (Å²) in [4.78, 5) is 10.6. The van der Waals surface area contributed by atoms with Crippen LogP contribution in [0.25, 0.3) is 11.4 Å². The lowest BCUT2D eigenvalue weighted by molar-refractivity contribution is 0.158. The second-order valence-corrected chi connectivity index (χ2v) is 7.95. The molecule has 10 heteroatoms.